The molecule has 0 N–H and O–H groups in total. The highest BCUT2D eigenvalue weighted by Gasteiger charge is 2.58. The highest BCUT2D eigenvalue weighted by molar-refractivity contribution is 6.09. The molecule has 19 heavy (non-hydrogen) atoms. The van der Waals surface area contributed by atoms with E-state index >= 15 is 0 Å². The maximum Gasteiger partial charge on any atom is 0.402 e. The maximum absolute atomic E-state index is 13.8. The molecule has 0 saturated heterocycles. The van der Waals surface area contributed by atoms with Crippen LogP contribution in [0.25, 0.3) is 0 Å². The molecule has 0 spiro atoms. The molecule has 0 amide bonds. The predicted octanol–water partition coefficient (Wildman–Crippen LogP) is 2.35. The van der Waals surface area contributed by atoms with Crippen molar-refractivity contribution in [2.24, 2.45) is 5.92 Å². The van der Waals surface area contributed by atoms with E-state index in [2.05, 4.69) is 4.74 Å². The number of esters is 1. The lowest BCUT2D eigenvalue weighted by Crippen LogP contribution is -2.55. The zero-order valence-electron chi connectivity index (χ0n) is 11.5. The van der Waals surface area contributed by atoms with E-state index in [1.807, 2.05) is 6.92 Å². The van der Waals surface area contributed by atoms with Crippen molar-refractivity contribution in [1.29, 1.82) is 0 Å². The molecule has 0 aromatic rings. The number of methoxy groups -OCH3 is 1. The van der Waals surface area contributed by atoms with Crippen LogP contribution in [-0.4, -0.2) is 37.0 Å². The maximum atomic E-state index is 13.8. The zero-order chi connectivity index (χ0) is 14.7. The van der Waals surface area contributed by atoms with Gasteiger partial charge in [-0.05, 0) is 38.5 Å². The summed E-state index contributed by atoms with van der Waals surface area (Å²) in [5.74, 6) is -7.05. The van der Waals surface area contributed by atoms with Crippen molar-refractivity contribution in [3.63, 3.8) is 0 Å². The number of carbonyl (C=O) groups excluding carboxylic acids is 2. The first-order chi connectivity index (χ1) is 8.80. The molecule has 0 aliphatic heterocycles. The van der Waals surface area contributed by atoms with E-state index in [-0.39, 0.29) is 19.4 Å². The Morgan fingerprint density at radius 3 is 2.26 bits per heavy atom. The standard InChI is InChI=1S/C13H20F2O4/c1-4-19-11(17)13(14,15)10(16)12(18-3)7-5-9(2)6-8-12/h9H,4-8H2,1-3H3. The van der Waals surface area contributed by atoms with Gasteiger partial charge in [-0.3, -0.25) is 4.79 Å². The fourth-order valence-electron chi connectivity index (χ4n) is 2.35. The summed E-state index contributed by atoms with van der Waals surface area (Å²) < 4.78 is 36.9. The van der Waals surface area contributed by atoms with Crippen molar-refractivity contribution >= 4 is 11.8 Å². The molecule has 0 atom stereocenters. The Morgan fingerprint density at radius 1 is 1.32 bits per heavy atom. The number of Topliss-reactive ketones (excluding diaryl/α,β-unsaturated/α-hetero) is 1. The molecule has 0 bridgehead atoms. The fourth-order valence-corrected chi connectivity index (χ4v) is 2.35. The average molecular weight is 278 g/mol. The first-order valence-electron chi connectivity index (χ1n) is 6.45. The van der Waals surface area contributed by atoms with Gasteiger partial charge in [-0.15, -0.1) is 0 Å². The number of hydrogen-bond acceptors (Lipinski definition) is 4. The molecule has 0 radical (unpaired) electrons. The van der Waals surface area contributed by atoms with Crippen LogP contribution < -0.4 is 0 Å². The number of ether oxygens (including phenoxy) is 2. The van der Waals surface area contributed by atoms with Gasteiger partial charge in [0.15, 0.2) is 0 Å². The number of hydrogen-bond donors (Lipinski definition) is 0. The Bertz CT molecular complexity index is 347. The minimum absolute atomic E-state index is 0.196. The largest absolute Gasteiger partial charge is 0.461 e. The minimum atomic E-state index is -4.15. The summed E-state index contributed by atoms with van der Waals surface area (Å²) in [6, 6.07) is 0. The van der Waals surface area contributed by atoms with Gasteiger partial charge in [0, 0.05) is 7.11 Å². The van der Waals surface area contributed by atoms with Crippen LogP contribution >= 0.6 is 0 Å². The molecule has 1 saturated carbocycles. The molecule has 0 aromatic carbocycles. The van der Waals surface area contributed by atoms with Crippen LogP contribution in [0, 0.1) is 5.92 Å². The van der Waals surface area contributed by atoms with Crippen LogP contribution in [0.5, 0.6) is 0 Å². The summed E-state index contributed by atoms with van der Waals surface area (Å²) in [5.41, 5.74) is -1.57. The SMILES string of the molecule is CCOC(=O)C(F)(F)C(=O)C1(OC)CCC(C)CC1. The number of rotatable bonds is 5. The Kier molecular flexibility index (Phi) is 5.01. The predicted molar refractivity (Wildman–Crippen MR) is 64.0 cm³/mol. The minimum Gasteiger partial charge on any atom is -0.461 e. The summed E-state index contributed by atoms with van der Waals surface area (Å²) in [6.45, 7) is 3.21. The summed E-state index contributed by atoms with van der Waals surface area (Å²) in [6.07, 6.45) is 1.66. The molecule has 4 nitrogen and oxygen atoms in total. The highest BCUT2D eigenvalue weighted by Crippen LogP contribution is 2.39. The molecule has 6 heteroatoms. The van der Waals surface area contributed by atoms with Crippen molar-refractivity contribution in [3.8, 4) is 0 Å². The second-order valence-corrected chi connectivity index (χ2v) is 5.00. The molecular weight excluding hydrogens is 258 g/mol. The number of ketones is 1. The zero-order valence-corrected chi connectivity index (χ0v) is 11.5. The highest BCUT2D eigenvalue weighted by atomic mass is 19.3. The molecule has 1 aliphatic carbocycles. The Balaban J connectivity index is 2.92. The third-order valence-corrected chi connectivity index (χ3v) is 3.70. The Hall–Kier alpha value is -1.04. The van der Waals surface area contributed by atoms with Crippen molar-refractivity contribution in [1.82, 2.24) is 0 Å². The second kappa shape index (κ2) is 5.94. The molecule has 110 valence electrons. The van der Waals surface area contributed by atoms with Gasteiger partial charge in [0.2, 0.25) is 5.78 Å². The monoisotopic (exact) mass is 278 g/mol. The van der Waals surface area contributed by atoms with Gasteiger partial charge in [-0.25, -0.2) is 4.79 Å². The van der Waals surface area contributed by atoms with E-state index < -0.39 is 23.3 Å². The molecule has 1 aliphatic rings. The summed E-state index contributed by atoms with van der Waals surface area (Å²) in [5, 5.41) is 0. The fraction of sp³-hybridized carbons (Fsp3) is 0.846. The molecule has 0 aromatic heterocycles. The lowest BCUT2D eigenvalue weighted by molar-refractivity contribution is -0.189. The molecule has 0 heterocycles. The summed E-state index contributed by atoms with van der Waals surface area (Å²) in [7, 11) is 1.23. The lowest BCUT2D eigenvalue weighted by Gasteiger charge is -2.38. The van der Waals surface area contributed by atoms with Gasteiger partial charge < -0.3 is 9.47 Å². The van der Waals surface area contributed by atoms with Crippen LogP contribution in [0.2, 0.25) is 0 Å². The average Bonchev–Trinajstić information content (AvgIpc) is 2.39. The third kappa shape index (κ3) is 3.11. The van der Waals surface area contributed by atoms with Gasteiger partial charge in [0.1, 0.15) is 5.60 Å². The van der Waals surface area contributed by atoms with Crippen LogP contribution in [0.1, 0.15) is 39.5 Å². The quantitative estimate of drug-likeness (QED) is 0.572. The first kappa shape index (κ1) is 16.0. The van der Waals surface area contributed by atoms with Gasteiger partial charge in [-0.1, -0.05) is 6.92 Å². The Morgan fingerprint density at radius 2 is 1.84 bits per heavy atom. The van der Waals surface area contributed by atoms with E-state index in [1.165, 1.54) is 14.0 Å². The normalized spacial score (nSPS) is 27.9. The van der Waals surface area contributed by atoms with E-state index in [9.17, 15) is 18.4 Å². The molecule has 1 fully saturated rings. The topological polar surface area (TPSA) is 52.6 Å². The van der Waals surface area contributed by atoms with Gasteiger partial charge >= 0.3 is 11.9 Å². The van der Waals surface area contributed by atoms with Gasteiger partial charge in [0.05, 0.1) is 6.61 Å². The first-order valence-corrected chi connectivity index (χ1v) is 6.45. The number of halogens is 2. The van der Waals surface area contributed by atoms with Crippen LogP contribution in [-0.2, 0) is 19.1 Å². The number of alkyl halides is 2. The van der Waals surface area contributed by atoms with Crippen molar-refractivity contribution in [2.75, 3.05) is 13.7 Å². The van der Waals surface area contributed by atoms with Crippen LogP contribution in [0.4, 0.5) is 8.78 Å². The van der Waals surface area contributed by atoms with E-state index in [0.29, 0.717) is 18.8 Å². The van der Waals surface area contributed by atoms with Crippen LogP contribution in [0.15, 0.2) is 0 Å². The van der Waals surface area contributed by atoms with Gasteiger partial charge in [-0.2, -0.15) is 8.78 Å². The van der Waals surface area contributed by atoms with Crippen molar-refractivity contribution < 1.29 is 27.8 Å². The summed E-state index contributed by atoms with van der Waals surface area (Å²) >= 11 is 0. The van der Waals surface area contributed by atoms with E-state index in [1.54, 1.807) is 0 Å². The van der Waals surface area contributed by atoms with Gasteiger partial charge in [0.25, 0.3) is 0 Å². The van der Waals surface area contributed by atoms with Crippen LogP contribution in [0.3, 0.4) is 0 Å². The Labute approximate surface area is 111 Å². The van der Waals surface area contributed by atoms with Crippen molar-refractivity contribution in [3.05, 3.63) is 0 Å². The van der Waals surface area contributed by atoms with E-state index in [0.717, 1.165) is 0 Å². The van der Waals surface area contributed by atoms with E-state index in [4.69, 9.17) is 4.74 Å². The molecular formula is C13H20F2O4. The second-order valence-electron chi connectivity index (χ2n) is 5.00. The lowest BCUT2D eigenvalue weighted by atomic mass is 9.75. The third-order valence-electron chi connectivity index (χ3n) is 3.70. The summed E-state index contributed by atoms with van der Waals surface area (Å²) in [4.78, 5) is 23.2. The molecule has 0 unspecified atom stereocenters. The smallest absolute Gasteiger partial charge is 0.402 e. The molecule has 1 rings (SSSR count). The van der Waals surface area contributed by atoms with Crippen molar-refractivity contribution in [2.45, 2.75) is 51.1 Å². The number of carbonyl (C=O) groups is 2.